The highest BCUT2D eigenvalue weighted by Gasteiger charge is 2.18. The summed E-state index contributed by atoms with van der Waals surface area (Å²) in [5.74, 6) is -0.132. The van der Waals surface area contributed by atoms with Gasteiger partial charge in [-0.05, 0) is 74.4 Å². The number of aromatic nitrogens is 5. The van der Waals surface area contributed by atoms with E-state index in [1.54, 1.807) is 53.5 Å². The number of amides is 1. The van der Waals surface area contributed by atoms with E-state index in [2.05, 4.69) is 37.6 Å². The van der Waals surface area contributed by atoms with Crippen LogP contribution in [0.25, 0.3) is 17.1 Å². The number of carbonyl (C=O) groups is 1. The Morgan fingerprint density at radius 1 is 1.02 bits per heavy atom. The van der Waals surface area contributed by atoms with Gasteiger partial charge in [-0.25, -0.2) is 9.97 Å². The number of ether oxygens (including phenoxy) is 1. The minimum Gasteiger partial charge on any atom is -0.378 e. The van der Waals surface area contributed by atoms with Gasteiger partial charge in [0.1, 0.15) is 16.4 Å². The number of nitrogens with one attached hydrogen (secondary N) is 2. The van der Waals surface area contributed by atoms with Crippen LogP contribution in [0.4, 0.5) is 17.3 Å². The van der Waals surface area contributed by atoms with Gasteiger partial charge in [-0.1, -0.05) is 29.8 Å². The lowest BCUT2D eigenvalue weighted by Crippen LogP contribution is -2.36. The van der Waals surface area contributed by atoms with E-state index in [0.29, 0.717) is 22.3 Å². The second-order valence-electron chi connectivity index (χ2n) is 12.0. The van der Waals surface area contributed by atoms with Gasteiger partial charge in [0.2, 0.25) is 5.95 Å². The molecule has 5 aromatic rings. The Hall–Kier alpha value is -5.33. The molecule has 12 nitrogen and oxygen atoms in total. The van der Waals surface area contributed by atoms with E-state index in [1.807, 2.05) is 32.9 Å². The maximum absolute atomic E-state index is 13.8. The zero-order valence-electron chi connectivity index (χ0n) is 27.5. The van der Waals surface area contributed by atoms with Crippen LogP contribution in [0.2, 0.25) is 5.15 Å². The molecule has 0 aliphatic carbocycles. The molecule has 0 spiro atoms. The molecule has 4 aromatic heterocycles. The third-order valence-corrected chi connectivity index (χ3v) is 8.57. The SMILES string of the molecule is Cc1c(C=CCNC(=O)c2cccn(Cc3ccc(Cl)nc3)c2=O)c(=O)n(C(C)C)c2nc(Nc3ccc(N4CCOCC4)cc3)ncc12. The fourth-order valence-electron chi connectivity index (χ4n) is 5.75. The highest BCUT2D eigenvalue weighted by Crippen LogP contribution is 2.24. The summed E-state index contributed by atoms with van der Waals surface area (Å²) in [5, 5.41) is 7.12. The van der Waals surface area contributed by atoms with E-state index in [-0.39, 0.29) is 30.3 Å². The predicted molar refractivity (Wildman–Crippen MR) is 192 cm³/mol. The van der Waals surface area contributed by atoms with Crippen LogP contribution in [-0.4, -0.2) is 62.8 Å². The molecule has 5 heterocycles. The van der Waals surface area contributed by atoms with Crippen molar-refractivity contribution in [2.45, 2.75) is 33.4 Å². The smallest absolute Gasteiger partial charge is 0.263 e. The third-order valence-electron chi connectivity index (χ3n) is 8.34. The van der Waals surface area contributed by atoms with E-state index in [4.69, 9.17) is 21.3 Å². The van der Waals surface area contributed by atoms with Gasteiger partial charge >= 0.3 is 0 Å². The van der Waals surface area contributed by atoms with Crippen LogP contribution in [0.3, 0.4) is 0 Å². The summed E-state index contributed by atoms with van der Waals surface area (Å²) in [6.45, 7) is 9.24. The van der Waals surface area contributed by atoms with E-state index < -0.39 is 11.5 Å². The van der Waals surface area contributed by atoms with Gasteiger partial charge in [-0.3, -0.25) is 19.0 Å². The Bertz CT molecular complexity index is 2120. The summed E-state index contributed by atoms with van der Waals surface area (Å²) in [7, 11) is 0. The van der Waals surface area contributed by atoms with E-state index in [9.17, 15) is 14.4 Å². The van der Waals surface area contributed by atoms with Gasteiger partial charge in [0.05, 0.1) is 19.8 Å². The molecule has 6 rings (SSSR count). The number of anilines is 3. The molecule has 1 amide bonds. The maximum atomic E-state index is 13.8. The fraction of sp³-hybridized carbons (Fsp3) is 0.278. The molecule has 49 heavy (non-hydrogen) atoms. The van der Waals surface area contributed by atoms with Gasteiger partial charge in [0.25, 0.3) is 17.0 Å². The normalized spacial score (nSPS) is 13.4. The van der Waals surface area contributed by atoms with Gasteiger partial charge in [-0.15, -0.1) is 0 Å². The van der Waals surface area contributed by atoms with E-state index >= 15 is 0 Å². The summed E-state index contributed by atoms with van der Waals surface area (Å²) in [5.41, 5.74) is 3.84. The second kappa shape index (κ2) is 14.8. The van der Waals surface area contributed by atoms with Gasteiger partial charge in [0, 0.05) is 66.6 Å². The quantitative estimate of drug-likeness (QED) is 0.196. The summed E-state index contributed by atoms with van der Waals surface area (Å²) >= 11 is 5.86. The number of hydrogen-bond donors (Lipinski definition) is 2. The van der Waals surface area contributed by atoms with Crippen LogP contribution in [0.1, 0.15) is 46.9 Å². The number of aryl methyl sites for hydroxylation is 1. The molecule has 0 radical (unpaired) electrons. The molecular weight excluding hydrogens is 644 g/mol. The minimum absolute atomic E-state index is 0.0106. The molecule has 1 fully saturated rings. The van der Waals surface area contributed by atoms with Crippen molar-refractivity contribution < 1.29 is 9.53 Å². The molecule has 0 saturated carbocycles. The van der Waals surface area contributed by atoms with Crippen molar-refractivity contribution in [2.75, 3.05) is 43.1 Å². The number of benzene rings is 1. The van der Waals surface area contributed by atoms with Crippen molar-refractivity contribution in [2.24, 2.45) is 0 Å². The molecule has 1 aliphatic rings. The summed E-state index contributed by atoms with van der Waals surface area (Å²) < 4.78 is 8.54. The molecule has 1 saturated heterocycles. The van der Waals surface area contributed by atoms with Gasteiger partial charge in [-0.2, -0.15) is 4.98 Å². The monoisotopic (exact) mass is 680 g/mol. The number of halogens is 1. The number of hydrogen-bond acceptors (Lipinski definition) is 9. The van der Waals surface area contributed by atoms with Crippen LogP contribution in [0.5, 0.6) is 0 Å². The summed E-state index contributed by atoms with van der Waals surface area (Å²) in [6, 6.07) is 14.5. The molecule has 1 aromatic carbocycles. The first kappa shape index (κ1) is 33.6. The van der Waals surface area contributed by atoms with Crippen molar-refractivity contribution >= 4 is 51.9 Å². The van der Waals surface area contributed by atoms with Crippen molar-refractivity contribution in [3.05, 3.63) is 121 Å². The molecule has 0 atom stereocenters. The highest BCUT2D eigenvalue weighted by atomic mass is 35.5. The zero-order chi connectivity index (χ0) is 34.5. The second-order valence-corrected chi connectivity index (χ2v) is 12.4. The van der Waals surface area contributed by atoms with Crippen LogP contribution >= 0.6 is 11.6 Å². The van der Waals surface area contributed by atoms with Crippen LogP contribution in [0.15, 0.2) is 82.8 Å². The Morgan fingerprint density at radius 3 is 2.51 bits per heavy atom. The topological polar surface area (TPSA) is 136 Å². The van der Waals surface area contributed by atoms with Gasteiger partial charge < -0.3 is 24.8 Å². The minimum atomic E-state index is -0.516. The van der Waals surface area contributed by atoms with Crippen molar-refractivity contribution in [3.63, 3.8) is 0 Å². The first-order chi connectivity index (χ1) is 23.7. The van der Waals surface area contributed by atoms with Crippen LogP contribution in [-0.2, 0) is 11.3 Å². The average Bonchev–Trinajstić information content (AvgIpc) is 3.10. The first-order valence-electron chi connectivity index (χ1n) is 16.1. The zero-order valence-corrected chi connectivity index (χ0v) is 28.3. The molecule has 252 valence electrons. The van der Waals surface area contributed by atoms with E-state index in [0.717, 1.165) is 54.2 Å². The summed E-state index contributed by atoms with van der Waals surface area (Å²) in [6.07, 6.45) is 8.30. The molecule has 1 aliphatic heterocycles. The lowest BCUT2D eigenvalue weighted by atomic mass is 10.1. The van der Waals surface area contributed by atoms with Crippen molar-refractivity contribution in [3.8, 4) is 0 Å². The van der Waals surface area contributed by atoms with Gasteiger partial charge in [0.15, 0.2) is 0 Å². The number of nitrogens with zero attached hydrogens (tertiary/aromatic N) is 6. The number of carbonyl (C=O) groups excluding carboxylic acids is 1. The third kappa shape index (κ3) is 7.55. The molecule has 0 unspecified atom stereocenters. The first-order valence-corrected chi connectivity index (χ1v) is 16.4. The molecule has 2 N–H and O–H groups in total. The number of pyridine rings is 3. The number of fused-ring (bicyclic) bond motifs is 1. The fourth-order valence-corrected chi connectivity index (χ4v) is 5.86. The van der Waals surface area contributed by atoms with Crippen molar-refractivity contribution in [1.82, 2.24) is 29.4 Å². The Kier molecular flexibility index (Phi) is 10.2. The highest BCUT2D eigenvalue weighted by molar-refractivity contribution is 6.29. The predicted octanol–water partition coefficient (Wildman–Crippen LogP) is 4.96. The van der Waals surface area contributed by atoms with Crippen LogP contribution < -0.4 is 26.7 Å². The lowest BCUT2D eigenvalue weighted by molar-refractivity contribution is 0.0956. The largest absolute Gasteiger partial charge is 0.378 e. The number of rotatable bonds is 10. The van der Waals surface area contributed by atoms with E-state index in [1.165, 1.54) is 10.6 Å². The lowest BCUT2D eigenvalue weighted by Gasteiger charge is -2.28. The van der Waals surface area contributed by atoms with Crippen LogP contribution in [0, 0.1) is 6.92 Å². The standard InChI is InChI=1S/C36H37ClN8O4/c1-23(2)45-32-30(21-40-36(42-32)41-26-9-11-27(12-10-26)43-16-18-49-19-17-43)24(3)28(35(45)48)6-4-14-38-33(46)29-7-5-15-44(34(29)47)22-25-8-13-31(37)39-20-25/h4-13,15,20-21,23H,14,16-19,22H2,1-3H3,(H,38,46)(H,40,41,42). The Morgan fingerprint density at radius 2 is 1.80 bits per heavy atom. The van der Waals surface area contributed by atoms with Crippen molar-refractivity contribution in [1.29, 1.82) is 0 Å². The molecule has 0 bridgehead atoms. The Balaban J connectivity index is 1.17. The maximum Gasteiger partial charge on any atom is 0.263 e. The summed E-state index contributed by atoms with van der Waals surface area (Å²) in [4.78, 5) is 55.4. The average molecular weight is 681 g/mol. The molecule has 13 heteroatoms. The Labute approximate surface area is 288 Å². The molecular formula is C36H37ClN8O4. The number of morpholine rings is 1.